The Morgan fingerprint density at radius 2 is 0.733 bits per heavy atom. The Kier molecular flexibility index (Phi) is 6.79. The second kappa shape index (κ2) is 6.71. The van der Waals surface area contributed by atoms with E-state index >= 15 is 0 Å². The van der Waals surface area contributed by atoms with Crippen molar-refractivity contribution in [1.29, 1.82) is 0 Å². The smallest absolute Gasteiger partial charge is 0.281 e. The summed E-state index contributed by atoms with van der Waals surface area (Å²) in [5.74, 6) is 0. The summed E-state index contributed by atoms with van der Waals surface area (Å²) in [6.07, 6.45) is 0. The Morgan fingerprint density at radius 3 is 0.867 bits per heavy atom. The molecule has 0 rings (SSSR count). The van der Waals surface area contributed by atoms with Crippen LogP contribution in [-0.4, -0.2) is 59.4 Å². The first-order chi connectivity index (χ1) is 7.07. The highest BCUT2D eigenvalue weighted by atomic mass is 28.4. The number of nitrogens with one attached hydrogen (secondary N) is 6. The van der Waals surface area contributed by atoms with Gasteiger partial charge in [-0.05, 0) is 42.3 Å². The molecule has 92 valence electrons. The van der Waals surface area contributed by atoms with Crippen LogP contribution < -0.4 is 29.9 Å². The third-order valence-electron chi connectivity index (χ3n) is 3.09. The lowest BCUT2D eigenvalue weighted by atomic mass is 11.6. The van der Waals surface area contributed by atoms with Gasteiger partial charge in [0.15, 0.2) is 0 Å². The van der Waals surface area contributed by atoms with E-state index in [9.17, 15) is 0 Å². The Balaban J connectivity index is 4.74. The Labute approximate surface area is 95.5 Å². The van der Waals surface area contributed by atoms with Gasteiger partial charge < -0.3 is 29.9 Å². The standard InChI is InChI=1S/C7H26N6Si2/c1-8-14(9-2,10-3)7-15(11-4,12-5)13-6/h8-13H,7H2,1-6H3. The van der Waals surface area contributed by atoms with E-state index in [2.05, 4.69) is 29.9 Å². The minimum Gasteiger partial charge on any atom is -0.316 e. The van der Waals surface area contributed by atoms with Crippen molar-refractivity contribution in [2.45, 2.75) is 5.67 Å². The molecule has 0 amide bonds. The molecule has 0 aromatic heterocycles. The third kappa shape index (κ3) is 3.61. The largest absolute Gasteiger partial charge is 0.316 e. The van der Waals surface area contributed by atoms with Gasteiger partial charge in [0, 0.05) is 5.67 Å². The van der Waals surface area contributed by atoms with E-state index in [1.54, 1.807) is 0 Å². The molecule has 0 atom stereocenters. The van der Waals surface area contributed by atoms with Crippen molar-refractivity contribution in [2.24, 2.45) is 0 Å². The summed E-state index contributed by atoms with van der Waals surface area (Å²) in [7, 11) is 8.41. The molecule has 0 radical (unpaired) electrons. The average molecular weight is 250 g/mol. The van der Waals surface area contributed by atoms with E-state index in [-0.39, 0.29) is 0 Å². The molecule has 0 aliphatic rings. The molecule has 0 fully saturated rings. The highest BCUT2D eigenvalue weighted by Crippen LogP contribution is 2.04. The van der Waals surface area contributed by atoms with E-state index in [1.807, 2.05) is 42.3 Å². The molecule has 0 saturated heterocycles. The molecule has 0 heterocycles. The molecular weight excluding hydrogens is 224 g/mol. The van der Waals surface area contributed by atoms with Gasteiger partial charge in [0.05, 0.1) is 0 Å². The molecule has 0 aromatic rings. The number of hydrogen-bond acceptors (Lipinski definition) is 6. The van der Waals surface area contributed by atoms with Gasteiger partial charge in [0.1, 0.15) is 0 Å². The third-order valence-corrected chi connectivity index (χ3v) is 12.5. The molecule has 0 saturated carbocycles. The summed E-state index contributed by atoms with van der Waals surface area (Å²) in [4.78, 5) is 20.4. The van der Waals surface area contributed by atoms with Gasteiger partial charge in [0.25, 0.3) is 17.1 Å². The molecule has 6 nitrogen and oxygen atoms in total. The minimum atomic E-state index is -1.79. The average Bonchev–Trinajstić information content (AvgIpc) is 2.33. The van der Waals surface area contributed by atoms with Crippen molar-refractivity contribution in [3.05, 3.63) is 0 Å². The molecular formula is C7H26N6Si2. The fraction of sp³-hybridized carbons (Fsp3) is 1.00. The fourth-order valence-corrected chi connectivity index (χ4v) is 10.6. The summed E-state index contributed by atoms with van der Waals surface area (Å²) in [5, 5.41) is 0. The predicted molar refractivity (Wildman–Crippen MR) is 70.7 cm³/mol. The van der Waals surface area contributed by atoms with Crippen LogP contribution in [0.25, 0.3) is 0 Å². The van der Waals surface area contributed by atoms with Crippen LogP contribution in [0.1, 0.15) is 0 Å². The first kappa shape index (κ1) is 15.2. The van der Waals surface area contributed by atoms with E-state index < -0.39 is 17.1 Å². The van der Waals surface area contributed by atoms with Gasteiger partial charge in [-0.15, -0.1) is 0 Å². The van der Waals surface area contributed by atoms with Crippen molar-refractivity contribution in [3.63, 3.8) is 0 Å². The molecule has 15 heavy (non-hydrogen) atoms. The second-order valence-electron chi connectivity index (χ2n) is 3.49. The van der Waals surface area contributed by atoms with Crippen molar-refractivity contribution in [2.75, 3.05) is 42.3 Å². The van der Waals surface area contributed by atoms with Gasteiger partial charge >= 0.3 is 0 Å². The lowest BCUT2D eigenvalue weighted by molar-refractivity contribution is 0.859. The van der Waals surface area contributed by atoms with Crippen LogP contribution >= 0.6 is 0 Å². The summed E-state index contributed by atoms with van der Waals surface area (Å²) in [5.41, 5.74) is 1.05. The normalized spacial score (nSPS) is 13.2. The summed E-state index contributed by atoms with van der Waals surface area (Å²) >= 11 is 0. The topological polar surface area (TPSA) is 72.2 Å². The SMILES string of the molecule is CN[Si](C[Si](NC)(NC)NC)(NC)NC. The molecule has 0 aliphatic carbocycles. The lowest BCUT2D eigenvalue weighted by Crippen LogP contribution is -2.80. The molecule has 0 aromatic carbocycles. The van der Waals surface area contributed by atoms with Gasteiger partial charge in [-0.25, -0.2) is 0 Å². The zero-order valence-electron chi connectivity index (χ0n) is 10.7. The van der Waals surface area contributed by atoms with Crippen LogP contribution in [0.2, 0.25) is 5.67 Å². The van der Waals surface area contributed by atoms with Crippen molar-refractivity contribution >= 4 is 17.1 Å². The molecule has 8 heteroatoms. The fourth-order valence-electron chi connectivity index (χ4n) is 1.68. The van der Waals surface area contributed by atoms with E-state index in [0.717, 1.165) is 5.67 Å². The highest BCUT2D eigenvalue weighted by Gasteiger charge is 2.42. The minimum absolute atomic E-state index is 1.05. The second-order valence-corrected chi connectivity index (χ2v) is 11.5. The lowest BCUT2D eigenvalue weighted by Gasteiger charge is -2.38. The zero-order chi connectivity index (χ0) is 11.9. The van der Waals surface area contributed by atoms with Crippen LogP contribution in [0.4, 0.5) is 0 Å². The van der Waals surface area contributed by atoms with E-state index in [1.165, 1.54) is 0 Å². The molecule has 0 unspecified atom stereocenters. The molecule has 0 bridgehead atoms. The van der Waals surface area contributed by atoms with Crippen LogP contribution in [-0.2, 0) is 0 Å². The molecule has 0 spiro atoms. The van der Waals surface area contributed by atoms with Crippen LogP contribution in [0, 0.1) is 0 Å². The van der Waals surface area contributed by atoms with Gasteiger partial charge in [0.2, 0.25) is 0 Å². The highest BCUT2D eigenvalue weighted by molar-refractivity contribution is 6.90. The van der Waals surface area contributed by atoms with Gasteiger partial charge in [-0.1, -0.05) is 0 Å². The Bertz CT molecular complexity index is 136. The number of hydrogen-bond donors (Lipinski definition) is 6. The van der Waals surface area contributed by atoms with Crippen molar-refractivity contribution in [1.82, 2.24) is 29.9 Å². The van der Waals surface area contributed by atoms with Gasteiger partial charge in [-0.3, -0.25) is 0 Å². The summed E-state index contributed by atoms with van der Waals surface area (Å²) in [6, 6.07) is 0. The molecule has 6 N–H and O–H groups in total. The van der Waals surface area contributed by atoms with E-state index in [4.69, 9.17) is 0 Å². The molecule has 0 aliphatic heterocycles. The van der Waals surface area contributed by atoms with Crippen molar-refractivity contribution in [3.8, 4) is 0 Å². The first-order valence-corrected chi connectivity index (χ1v) is 9.62. The summed E-state index contributed by atoms with van der Waals surface area (Å²) < 4.78 is 0. The maximum absolute atomic E-state index is 3.40. The monoisotopic (exact) mass is 250 g/mol. The van der Waals surface area contributed by atoms with Crippen LogP contribution in [0.3, 0.4) is 0 Å². The van der Waals surface area contributed by atoms with Crippen LogP contribution in [0.5, 0.6) is 0 Å². The Hall–Kier alpha value is 0.194. The maximum atomic E-state index is 3.40. The van der Waals surface area contributed by atoms with Crippen molar-refractivity contribution < 1.29 is 0 Å². The Morgan fingerprint density at radius 1 is 0.533 bits per heavy atom. The maximum Gasteiger partial charge on any atom is 0.281 e. The van der Waals surface area contributed by atoms with E-state index in [0.29, 0.717) is 0 Å². The van der Waals surface area contributed by atoms with Crippen LogP contribution in [0.15, 0.2) is 0 Å². The quantitative estimate of drug-likeness (QED) is 0.273. The van der Waals surface area contributed by atoms with Gasteiger partial charge in [-0.2, -0.15) is 0 Å². The number of rotatable bonds is 8. The predicted octanol–water partition coefficient (Wildman–Crippen LogP) is -2.28. The summed E-state index contributed by atoms with van der Waals surface area (Å²) in [6.45, 7) is 0. The zero-order valence-corrected chi connectivity index (χ0v) is 12.7. The first-order valence-electron chi connectivity index (χ1n) is 5.21.